The van der Waals surface area contributed by atoms with Crippen LogP contribution < -0.4 is 0 Å². The van der Waals surface area contributed by atoms with Gasteiger partial charge in [0, 0.05) is 19.2 Å². The predicted octanol–water partition coefficient (Wildman–Crippen LogP) is 3.79. The van der Waals surface area contributed by atoms with Crippen LogP contribution in [0.15, 0.2) is 24.3 Å². The molecule has 0 aromatic heterocycles. The zero-order chi connectivity index (χ0) is 15.8. The molecule has 1 unspecified atom stereocenters. The van der Waals surface area contributed by atoms with Crippen LogP contribution in [0.3, 0.4) is 0 Å². The minimum absolute atomic E-state index is 0.336. The summed E-state index contributed by atoms with van der Waals surface area (Å²) in [5.74, 6) is -0.769. The van der Waals surface area contributed by atoms with Crippen molar-refractivity contribution in [1.29, 1.82) is 0 Å². The van der Waals surface area contributed by atoms with Crippen LogP contribution in [-0.2, 0) is 11.3 Å². The van der Waals surface area contributed by atoms with Crippen molar-refractivity contribution in [3.05, 3.63) is 41.2 Å². The molecule has 21 heavy (non-hydrogen) atoms. The SMILES string of the molecule is CCC(C)CN(CC)Cc1cc(F)cc(C=CC(=O)O)c1. The lowest BCUT2D eigenvalue weighted by molar-refractivity contribution is -0.131. The Morgan fingerprint density at radius 1 is 1.38 bits per heavy atom. The van der Waals surface area contributed by atoms with Gasteiger partial charge in [0.2, 0.25) is 0 Å². The maximum absolute atomic E-state index is 13.6. The molecule has 1 atom stereocenters. The molecule has 116 valence electrons. The van der Waals surface area contributed by atoms with E-state index < -0.39 is 5.97 Å². The van der Waals surface area contributed by atoms with Gasteiger partial charge in [-0.2, -0.15) is 0 Å². The normalized spacial score (nSPS) is 13.0. The second kappa shape index (κ2) is 8.57. The number of halogens is 1. The van der Waals surface area contributed by atoms with E-state index in [0.717, 1.165) is 31.1 Å². The fourth-order valence-electron chi connectivity index (χ4n) is 2.16. The molecule has 1 aromatic carbocycles. The zero-order valence-corrected chi connectivity index (χ0v) is 13.0. The van der Waals surface area contributed by atoms with Crippen LogP contribution >= 0.6 is 0 Å². The Morgan fingerprint density at radius 3 is 2.67 bits per heavy atom. The minimum Gasteiger partial charge on any atom is -0.478 e. The summed E-state index contributed by atoms with van der Waals surface area (Å²) in [5, 5.41) is 8.63. The molecule has 1 rings (SSSR count). The van der Waals surface area contributed by atoms with Gasteiger partial charge >= 0.3 is 5.97 Å². The van der Waals surface area contributed by atoms with Crippen molar-refractivity contribution >= 4 is 12.0 Å². The summed E-state index contributed by atoms with van der Waals surface area (Å²) < 4.78 is 13.6. The monoisotopic (exact) mass is 293 g/mol. The van der Waals surface area contributed by atoms with Crippen molar-refractivity contribution in [2.24, 2.45) is 5.92 Å². The second-order valence-corrected chi connectivity index (χ2v) is 5.41. The van der Waals surface area contributed by atoms with Gasteiger partial charge in [0.25, 0.3) is 0 Å². The van der Waals surface area contributed by atoms with Crippen molar-refractivity contribution < 1.29 is 14.3 Å². The summed E-state index contributed by atoms with van der Waals surface area (Å²) in [6, 6.07) is 4.69. The van der Waals surface area contributed by atoms with Gasteiger partial charge in [0.15, 0.2) is 0 Å². The third kappa shape index (κ3) is 6.54. The molecule has 0 aliphatic carbocycles. The third-order valence-corrected chi connectivity index (χ3v) is 3.52. The summed E-state index contributed by atoms with van der Waals surface area (Å²) in [7, 11) is 0. The van der Waals surface area contributed by atoms with Crippen LogP contribution in [0.4, 0.5) is 4.39 Å². The van der Waals surface area contributed by atoms with Crippen LogP contribution in [0.25, 0.3) is 6.08 Å². The number of hydrogen-bond donors (Lipinski definition) is 1. The van der Waals surface area contributed by atoms with E-state index in [1.807, 2.05) is 6.07 Å². The zero-order valence-electron chi connectivity index (χ0n) is 13.0. The Kier molecular flexibility index (Phi) is 7.09. The summed E-state index contributed by atoms with van der Waals surface area (Å²) >= 11 is 0. The maximum atomic E-state index is 13.6. The number of nitrogens with zero attached hydrogens (tertiary/aromatic N) is 1. The first-order chi connectivity index (χ1) is 9.94. The van der Waals surface area contributed by atoms with E-state index in [2.05, 4.69) is 25.7 Å². The molecule has 0 heterocycles. The molecule has 0 aliphatic heterocycles. The summed E-state index contributed by atoms with van der Waals surface area (Å²) in [6.45, 7) is 9.01. The largest absolute Gasteiger partial charge is 0.478 e. The van der Waals surface area contributed by atoms with E-state index in [-0.39, 0.29) is 5.82 Å². The molecule has 0 aliphatic rings. The van der Waals surface area contributed by atoms with E-state index in [4.69, 9.17) is 5.11 Å². The Hall–Kier alpha value is -1.68. The van der Waals surface area contributed by atoms with Gasteiger partial charge in [-0.15, -0.1) is 0 Å². The molecule has 0 amide bonds. The maximum Gasteiger partial charge on any atom is 0.328 e. The standard InChI is InChI=1S/C17H24FNO2/c1-4-13(3)11-19(5-2)12-15-8-14(6-7-17(20)21)9-16(18)10-15/h6-10,13H,4-5,11-12H2,1-3H3,(H,20,21). The molecule has 3 nitrogen and oxygen atoms in total. The van der Waals surface area contributed by atoms with Gasteiger partial charge in [-0.1, -0.05) is 33.3 Å². The summed E-state index contributed by atoms with van der Waals surface area (Å²) in [6.07, 6.45) is 3.56. The first-order valence-corrected chi connectivity index (χ1v) is 7.37. The molecule has 0 saturated heterocycles. The number of rotatable bonds is 8. The number of hydrogen-bond acceptors (Lipinski definition) is 2. The molecule has 0 fully saturated rings. The predicted molar refractivity (Wildman–Crippen MR) is 83.5 cm³/mol. The highest BCUT2D eigenvalue weighted by atomic mass is 19.1. The fraction of sp³-hybridized carbons (Fsp3) is 0.471. The first kappa shape index (κ1) is 17.4. The van der Waals surface area contributed by atoms with Crippen molar-refractivity contribution in [3.63, 3.8) is 0 Å². The Labute approximate surface area is 126 Å². The highest BCUT2D eigenvalue weighted by Crippen LogP contribution is 2.14. The Bertz CT molecular complexity index is 500. The quantitative estimate of drug-likeness (QED) is 0.741. The van der Waals surface area contributed by atoms with Gasteiger partial charge < -0.3 is 5.11 Å². The molecule has 1 aromatic rings. The Balaban J connectivity index is 2.84. The highest BCUT2D eigenvalue weighted by molar-refractivity contribution is 5.85. The Morgan fingerprint density at radius 2 is 2.10 bits per heavy atom. The van der Waals surface area contributed by atoms with E-state index >= 15 is 0 Å². The molecule has 4 heteroatoms. The smallest absolute Gasteiger partial charge is 0.328 e. The lowest BCUT2D eigenvalue weighted by Crippen LogP contribution is -2.27. The lowest BCUT2D eigenvalue weighted by Gasteiger charge is -2.24. The topological polar surface area (TPSA) is 40.5 Å². The van der Waals surface area contributed by atoms with Gasteiger partial charge in [-0.3, -0.25) is 4.90 Å². The van der Waals surface area contributed by atoms with Gasteiger partial charge in [0.1, 0.15) is 5.82 Å². The third-order valence-electron chi connectivity index (χ3n) is 3.52. The molecule has 0 bridgehead atoms. The molecule has 0 radical (unpaired) electrons. The lowest BCUT2D eigenvalue weighted by atomic mass is 10.1. The van der Waals surface area contributed by atoms with Crippen LogP contribution in [0.2, 0.25) is 0 Å². The first-order valence-electron chi connectivity index (χ1n) is 7.37. The summed E-state index contributed by atoms with van der Waals surface area (Å²) in [4.78, 5) is 12.8. The van der Waals surface area contributed by atoms with Gasteiger partial charge in [0.05, 0.1) is 0 Å². The molecular formula is C17H24FNO2. The van der Waals surface area contributed by atoms with Crippen molar-refractivity contribution in [1.82, 2.24) is 4.90 Å². The average Bonchev–Trinajstić information content (AvgIpc) is 2.43. The van der Waals surface area contributed by atoms with Crippen LogP contribution in [0, 0.1) is 11.7 Å². The molecular weight excluding hydrogens is 269 g/mol. The summed E-state index contributed by atoms with van der Waals surface area (Å²) in [5.41, 5.74) is 1.44. The van der Waals surface area contributed by atoms with Crippen molar-refractivity contribution in [3.8, 4) is 0 Å². The van der Waals surface area contributed by atoms with Crippen LogP contribution in [-0.4, -0.2) is 29.1 Å². The fourth-order valence-corrected chi connectivity index (χ4v) is 2.16. The molecule has 1 N–H and O–H groups in total. The van der Waals surface area contributed by atoms with Gasteiger partial charge in [-0.05, 0) is 41.8 Å². The highest BCUT2D eigenvalue weighted by Gasteiger charge is 2.09. The average molecular weight is 293 g/mol. The van der Waals surface area contributed by atoms with Crippen molar-refractivity contribution in [2.45, 2.75) is 33.7 Å². The van der Waals surface area contributed by atoms with Crippen LogP contribution in [0.5, 0.6) is 0 Å². The molecule has 0 saturated carbocycles. The van der Waals surface area contributed by atoms with E-state index in [0.29, 0.717) is 18.0 Å². The number of carboxylic acids is 1. The number of benzene rings is 1. The van der Waals surface area contributed by atoms with E-state index in [1.165, 1.54) is 18.2 Å². The minimum atomic E-state index is -1.03. The number of aliphatic carboxylic acids is 1. The second-order valence-electron chi connectivity index (χ2n) is 5.41. The number of carbonyl (C=O) groups is 1. The van der Waals surface area contributed by atoms with E-state index in [9.17, 15) is 9.18 Å². The van der Waals surface area contributed by atoms with Crippen LogP contribution in [0.1, 0.15) is 38.3 Å². The number of carboxylic acid groups (broad SMARTS) is 1. The van der Waals surface area contributed by atoms with E-state index in [1.54, 1.807) is 0 Å². The van der Waals surface area contributed by atoms with Crippen molar-refractivity contribution in [2.75, 3.05) is 13.1 Å². The molecule has 0 spiro atoms. The van der Waals surface area contributed by atoms with Gasteiger partial charge in [-0.25, -0.2) is 9.18 Å².